The minimum absolute atomic E-state index is 0.199. The second-order valence-corrected chi connectivity index (χ2v) is 7.54. The van der Waals surface area contributed by atoms with Gasteiger partial charge >= 0.3 is 0 Å². The SMILES string of the molecule is CCCn1c(=NC(=O)c2ccc(Br)cc2)sc2cc(CC)ccc21. The van der Waals surface area contributed by atoms with E-state index in [1.807, 2.05) is 12.1 Å². The first kappa shape index (κ1) is 17.1. The van der Waals surface area contributed by atoms with Gasteiger partial charge in [0.25, 0.3) is 5.91 Å². The molecule has 24 heavy (non-hydrogen) atoms. The molecule has 0 aliphatic rings. The molecule has 0 radical (unpaired) electrons. The highest BCUT2D eigenvalue weighted by atomic mass is 79.9. The first-order valence-corrected chi connectivity index (χ1v) is 9.70. The topological polar surface area (TPSA) is 34.4 Å². The summed E-state index contributed by atoms with van der Waals surface area (Å²) in [5, 5.41) is 0. The third kappa shape index (κ3) is 3.52. The fourth-order valence-corrected chi connectivity index (χ4v) is 3.99. The summed E-state index contributed by atoms with van der Waals surface area (Å²) in [6.45, 7) is 5.15. The minimum Gasteiger partial charge on any atom is -0.316 e. The molecule has 5 heteroatoms. The molecule has 1 heterocycles. The predicted octanol–water partition coefficient (Wildman–Crippen LogP) is 5.18. The van der Waals surface area contributed by atoms with Crippen molar-refractivity contribution in [3.8, 4) is 0 Å². The second-order valence-electron chi connectivity index (χ2n) is 5.62. The Labute approximate surface area is 153 Å². The Morgan fingerprint density at radius 2 is 1.92 bits per heavy atom. The summed E-state index contributed by atoms with van der Waals surface area (Å²) in [6, 6.07) is 13.8. The van der Waals surface area contributed by atoms with Gasteiger partial charge in [0, 0.05) is 16.6 Å². The van der Waals surface area contributed by atoms with Crippen molar-refractivity contribution in [2.45, 2.75) is 33.2 Å². The van der Waals surface area contributed by atoms with Crippen molar-refractivity contribution in [3.63, 3.8) is 0 Å². The van der Waals surface area contributed by atoms with E-state index in [1.165, 1.54) is 10.3 Å². The van der Waals surface area contributed by atoms with Crippen LogP contribution < -0.4 is 4.80 Å². The van der Waals surface area contributed by atoms with Crippen LogP contribution >= 0.6 is 27.3 Å². The lowest BCUT2D eigenvalue weighted by molar-refractivity contribution is 0.0998. The second kappa shape index (κ2) is 7.45. The number of rotatable bonds is 4. The van der Waals surface area contributed by atoms with Crippen LogP contribution in [0.3, 0.4) is 0 Å². The van der Waals surface area contributed by atoms with E-state index in [2.05, 4.69) is 57.5 Å². The van der Waals surface area contributed by atoms with Crippen LogP contribution in [0.25, 0.3) is 10.2 Å². The number of fused-ring (bicyclic) bond motifs is 1. The van der Waals surface area contributed by atoms with Crippen molar-refractivity contribution in [2.75, 3.05) is 0 Å². The van der Waals surface area contributed by atoms with Crippen LogP contribution in [0, 0.1) is 0 Å². The molecule has 0 fully saturated rings. The van der Waals surface area contributed by atoms with E-state index >= 15 is 0 Å². The molecule has 0 aliphatic heterocycles. The lowest BCUT2D eigenvalue weighted by Crippen LogP contribution is -2.16. The standard InChI is InChI=1S/C19H19BrN2OS/c1-3-11-22-16-10-5-13(4-2)12-17(16)24-19(22)21-18(23)14-6-8-15(20)9-7-14/h5-10,12H,3-4,11H2,1-2H3. The number of benzene rings is 2. The molecule has 124 valence electrons. The number of amides is 1. The number of aromatic nitrogens is 1. The van der Waals surface area contributed by atoms with Gasteiger partial charge in [-0.2, -0.15) is 4.99 Å². The molecule has 0 saturated carbocycles. The monoisotopic (exact) mass is 402 g/mol. The Morgan fingerprint density at radius 3 is 2.58 bits per heavy atom. The van der Waals surface area contributed by atoms with Gasteiger partial charge < -0.3 is 4.57 Å². The van der Waals surface area contributed by atoms with Crippen molar-refractivity contribution >= 4 is 43.4 Å². The van der Waals surface area contributed by atoms with Crippen molar-refractivity contribution < 1.29 is 4.79 Å². The van der Waals surface area contributed by atoms with Gasteiger partial charge in [-0.25, -0.2) is 0 Å². The molecule has 2 aromatic carbocycles. The van der Waals surface area contributed by atoms with Crippen molar-refractivity contribution in [3.05, 3.63) is 62.9 Å². The van der Waals surface area contributed by atoms with Gasteiger partial charge in [-0.1, -0.05) is 47.2 Å². The number of thiazole rings is 1. The predicted molar refractivity (Wildman–Crippen MR) is 104 cm³/mol. The van der Waals surface area contributed by atoms with E-state index in [4.69, 9.17) is 0 Å². The molecule has 0 saturated heterocycles. The zero-order valence-corrected chi connectivity index (χ0v) is 16.2. The maximum Gasteiger partial charge on any atom is 0.279 e. The molecule has 0 unspecified atom stereocenters. The highest BCUT2D eigenvalue weighted by Crippen LogP contribution is 2.20. The molecule has 1 aromatic heterocycles. The summed E-state index contributed by atoms with van der Waals surface area (Å²) >= 11 is 4.97. The Kier molecular flexibility index (Phi) is 5.31. The van der Waals surface area contributed by atoms with Crippen molar-refractivity contribution in [1.29, 1.82) is 0 Å². The van der Waals surface area contributed by atoms with Gasteiger partial charge in [0.1, 0.15) is 0 Å². The highest BCUT2D eigenvalue weighted by molar-refractivity contribution is 9.10. The number of nitrogens with zero attached hydrogens (tertiary/aromatic N) is 2. The normalized spacial score (nSPS) is 12.0. The quantitative estimate of drug-likeness (QED) is 0.591. The molecule has 3 nitrogen and oxygen atoms in total. The Hall–Kier alpha value is -1.72. The number of hydrogen-bond donors (Lipinski definition) is 0. The van der Waals surface area contributed by atoms with Gasteiger partial charge in [-0.05, 0) is 54.8 Å². The lowest BCUT2D eigenvalue weighted by atomic mass is 10.2. The summed E-state index contributed by atoms with van der Waals surface area (Å²) in [4.78, 5) is 17.7. The largest absolute Gasteiger partial charge is 0.316 e. The Balaban J connectivity index is 2.11. The van der Waals surface area contributed by atoms with E-state index in [1.54, 1.807) is 23.5 Å². The first-order valence-electron chi connectivity index (χ1n) is 8.09. The molecule has 0 atom stereocenters. The number of halogens is 1. The van der Waals surface area contributed by atoms with E-state index in [0.717, 1.165) is 34.2 Å². The van der Waals surface area contributed by atoms with E-state index in [0.29, 0.717) is 5.56 Å². The summed E-state index contributed by atoms with van der Waals surface area (Å²) in [5.41, 5.74) is 3.06. The molecular weight excluding hydrogens is 384 g/mol. The van der Waals surface area contributed by atoms with Crippen LogP contribution in [-0.4, -0.2) is 10.5 Å². The average molecular weight is 403 g/mol. The Morgan fingerprint density at radius 1 is 1.17 bits per heavy atom. The summed E-state index contributed by atoms with van der Waals surface area (Å²) in [6.07, 6.45) is 2.01. The number of hydrogen-bond acceptors (Lipinski definition) is 2. The van der Waals surface area contributed by atoms with E-state index in [9.17, 15) is 4.79 Å². The fourth-order valence-electron chi connectivity index (χ4n) is 2.61. The highest BCUT2D eigenvalue weighted by Gasteiger charge is 2.09. The molecule has 1 amide bonds. The number of aryl methyl sites for hydroxylation is 2. The average Bonchev–Trinajstić information content (AvgIpc) is 2.92. The minimum atomic E-state index is -0.199. The van der Waals surface area contributed by atoms with Crippen LogP contribution in [0.5, 0.6) is 0 Å². The molecule has 0 spiro atoms. The first-order chi connectivity index (χ1) is 11.6. The smallest absolute Gasteiger partial charge is 0.279 e. The maximum absolute atomic E-state index is 12.5. The summed E-state index contributed by atoms with van der Waals surface area (Å²) in [5.74, 6) is -0.199. The summed E-state index contributed by atoms with van der Waals surface area (Å²) in [7, 11) is 0. The molecule has 3 aromatic rings. The van der Waals surface area contributed by atoms with E-state index in [-0.39, 0.29) is 5.91 Å². The van der Waals surface area contributed by atoms with Gasteiger partial charge in [0.05, 0.1) is 10.2 Å². The van der Waals surface area contributed by atoms with Crippen LogP contribution in [-0.2, 0) is 13.0 Å². The molecule has 3 rings (SSSR count). The zero-order chi connectivity index (χ0) is 17.1. The third-order valence-corrected chi connectivity index (χ3v) is 5.46. The fraction of sp³-hybridized carbons (Fsp3) is 0.263. The van der Waals surface area contributed by atoms with Gasteiger partial charge in [-0.3, -0.25) is 4.79 Å². The molecule has 0 bridgehead atoms. The third-order valence-electron chi connectivity index (χ3n) is 3.89. The maximum atomic E-state index is 12.5. The summed E-state index contributed by atoms with van der Waals surface area (Å²) < 4.78 is 4.29. The Bertz CT molecular complexity index is 938. The van der Waals surface area contributed by atoms with Crippen LogP contribution in [0.2, 0.25) is 0 Å². The lowest BCUT2D eigenvalue weighted by Gasteiger charge is -2.03. The molecular formula is C19H19BrN2OS. The van der Waals surface area contributed by atoms with Crippen LogP contribution in [0.4, 0.5) is 0 Å². The van der Waals surface area contributed by atoms with Gasteiger partial charge in [-0.15, -0.1) is 0 Å². The van der Waals surface area contributed by atoms with Gasteiger partial charge in [0.2, 0.25) is 0 Å². The number of carbonyl (C=O) groups excluding carboxylic acids is 1. The number of carbonyl (C=O) groups is 1. The molecule has 0 N–H and O–H groups in total. The van der Waals surface area contributed by atoms with Crippen molar-refractivity contribution in [1.82, 2.24) is 4.57 Å². The van der Waals surface area contributed by atoms with Crippen LogP contribution in [0.15, 0.2) is 51.9 Å². The van der Waals surface area contributed by atoms with E-state index < -0.39 is 0 Å². The zero-order valence-electron chi connectivity index (χ0n) is 13.8. The molecule has 0 aliphatic carbocycles. The van der Waals surface area contributed by atoms with Crippen LogP contribution in [0.1, 0.15) is 36.2 Å². The van der Waals surface area contributed by atoms with Gasteiger partial charge in [0.15, 0.2) is 4.80 Å². The van der Waals surface area contributed by atoms with Crippen molar-refractivity contribution in [2.24, 2.45) is 4.99 Å².